The number of anilines is 2. The molecule has 0 aliphatic rings. The van der Waals surface area contributed by atoms with Gasteiger partial charge in [0.15, 0.2) is 0 Å². The number of carbonyl (C=O) groups is 3. The number of carbonyl (C=O) groups excluding carboxylic acids is 3. The predicted octanol–water partition coefficient (Wildman–Crippen LogP) is 3.98. The first-order valence-electron chi connectivity index (χ1n) is 9.44. The summed E-state index contributed by atoms with van der Waals surface area (Å²) in [5.41, 5.74) is 1.25. The molecule has 1 heterocycles. The number of para-hydroxylation sites is 1. The molecule has 8 heteroatoms. The maximum absolute atomic E-state index is 12.8. The van der Waals surface area contributed by atoms with Crippen LogP contribution in [0.25, 0.3) is 11.0 Å². The summed E-state index contributed by atoms with van der Waals surface area (Å²) in [7, 11) is 1.55. The Bertz CT molecular complexity index is 1060. The SMILES string of the molecule is CCOC(=O)CCC(=O)Nc1c(C(=O)Nc2ccc(OC)cc2)oc2ccccc12. The molecule has 0 fully saturated rings. The molecule has 156 valence electrons. The average molecular weight is 410 g/mol. The quantitative estimate of drug-likeness (QED) is 0.544. The van der Waals surface area contributed by atoms with Crippen LogP contribution in [0.3, 0.4) is 0 Å². The van der Waals surface area contributed by atoms with E-state index < -0.39 is 17.8 Å². The Morgan fingerprint density at radius 1 is 0.967 bits per heavy atom. The zero-order chi connectivity index (χ0) is 21.5. The van der Waals surface area contributed by atoms with Gasteiger partial charge in [-0.25, -0.2) is 0 Å². The molecule has 3 aromatic rings. The van der Waals surface area contributed by atoms with Crippen LogP contribution in [-0.2, 0) is 14.3 Å². The van der Waals surface area contributed by atoms with E-state index in [4.69, 9.17) is 13.9 Å². The molecule has 30 heavy (non-hydrogen) atoms. The summed E-state index contributed by atoms with van der Waals surface area (Å²) in [5.74, 6) is -0.768. The minimum atomic E-state index is -0.517. The van der Waals surface area contributed by atoms with E-state index in [-0.39, 0.29) is 30.9 Å². The fraction of sp³-hybridized carbons (Fsp3) is 0.227. The van der Waals surface area contributed by atoms with Gasteiger partial charge in [0, 0.05) is 17.5 Å². The van der Waals surface area contributed by atoms with Gasteiger partial charge in [0.2, 0.25) is 11.7 Å². The molecule has 1 aromatic heterocycles. The first kappa shape index (κ1) is 20.9. The molecule has 0 radical (unpaired) electrons. The minimum Gasteiger partial charge on any atom is -0.497 e. The number of benzene rings is 2. The summed E-state index contributed by atoms with van der Waals surface area (Å²) in [6, 6.07) is 13.8. The van der Waals surface area contributed by atoms with Gasteiger partial charge >= 0.3 is 5.97 Å². The summed E-state index contributed by atoms with van der Waals surface area (Å²) in [5, 5.41) is 6.02. The molecule has 2 N–H and O–H groups in total. The van der Waals surface area contributed by atoms with Crippen molar-refractivity contribution in [1.29, 1.82) is 0 Å². The average Bonchev–Trinajstić information content (AvgIpc) is 3.11. The van der Waals surface area contributed by atoms with E-state index in [0.29, 0.717) is 22.4 Å². The van der Waals surface area contributed by atoms with Gasteiger partial charge in [0.1, 0.15) is 17.0 Å². The van der Waals surface area contributed by atoms with Gasteiger partial charge in [-0.05, 0) is 43.3 Å². The smallest absolute Gasteiger partial charge is 0.306 e. The minimum absolute atomic E-state index is 0.0310. The Labute approximate surface area is 173 Å². The molecule has 0 spiro atoms. The summed E-state index contributed by atoms with van der Waals surface area (Å²) in [4.78, 5) is 36.7. The van der Waals surface area contributed by atoms with Crippen LogP contribution in [0.4, 0.5) is 11.4 Å². The third-order valence-corrected chi connectivity index (χ3v) is 4.28. The third-order valence-electron chi connectivity index (χ3n) is 4.28. The van der Waals surface area contributed by atoms with Crippen LogP contribution in [0.2, 0.25) is 0 Å². The predicted molar refractivity (Wildman–Crippen MR) is 112 cm³/mol. The van der Waals surface area contributed by atoms with Crippen molar-refractivity contribution in [3.05, 3.63) is 54.3 Å². The molecule has 0 saturated heterocycles. The molecule has 0 saturated carbocycles. The van der Waals surface area contributed by atoms with Crippen molar-refractivity contribution in [2.45, 2.75) is 19.8 Å². The van der Waals surface area contributed by atoms with Crippen LogP contribution in [0.15, 0.2) is 52.9 Å². The molecular weight excluding hydrogens is 388 g/mol. The number of methoxy groups -OCH3 is 1. The van der Waals surface area contributed by atoms with Crippen LogP contribution in [0, 0.1) is 0 Å². The van der Waals surface area contributed by atoms with Crippen molar-refractivity contribution in [2.75, 3.05) is 24.4 Å². The molecule has 0 bridgehead atoms. The first-order valence-corrected chi connectivity index (χ1v) is 9.44. The number of hydrogen-bond acceptors (Lipinski definition) is 6. The highest BCUT2D eigenvalue weighted by Gasteiger charge is 2.22. The molecule has 2 amide bonds. The van der Waals surface area contributed by atoms with Gasteiger partial charge in [0.05, 0.1) is 20.1 Å². The molecule has 0 atom stereocenters. The second-order valence-corrected chi connectivity index (χ2v) is 6.34. The summed E-state index contributed by atoms with van der Waals surface area (Å²) < 4.78 is 15.6. The van der Waals surface area contributed by atoms with Crippen molar-refractivity contribution in [1.82, 2.24) is 0 Å². The monoisotopic (exact) mass is 410 g/mol. The van der Waals surface area contributed by atoms with Crippen molar-refractivity contribution < 1.29 is 28.3 Å². The van der Waals surface area contributed by atoms with Crippen molar-refractivity contribution in [3.63, 3.8) is 0 Å². The van der Waals surface area contributed by atoms with Gasteiger partial charge < -0.3 is 24.5 Å². The number of rotatable bonds is 8. The topological polar surface area (TPSA) is 107 Å². The fourth-order valence-corrected chi connectivity index (χ4v) is 2.84. The third kappa shape index (κ3) is 4.96. The van der Waals surface area contributed by atoms with Crippen molar-refractivity contribution in [3.8, 4) is 5.75 Å². The number of furan rings is 1. The summed E-state index contributed by atoms with van der Waals surface area (Å²) in [6.45, 7) is 1.95. The molecular formula is C22H22N2O6. The number of nitrogens with one attached hydrogen (secondary N) is 2. The van der Waals surface area contributed by atoms with Gasteiger partial charge in [-0.2, -0.15) is 0 Å². The van der Waals surface area contributed by atoms with E-state index in [0.717, 1.165) is 0 Å². The van der Waals surface area contributed by atoms with E-state index in [2.05, 4.69) is 10.6 Å². The normalized spacial score (nSPS) is 10.5. The maximum atomic E-state index is 12.8. The Balaban J connectivity index is 1.80. The number of amides is 2. The Morgan fingerprint density at radius 2 is 1.70 bits per heavy atom. The Kier molecular flexibility index (Phi) is 6.69. The van der Waals surface area contributed by atoms with E-state index in [1.165, 1.54) is 0 Å². The van der Waals surface area contributed by atoms with Gasteiger partial charge in [-0.15, -0.1) is 0 Å². The number of fused-ring (bicyclic) bond motifs is 1. The number of hydrogen-bond donors (Lipinski definition) is 2. The Morgan fingerprint density at radius 3 is 2.40 bits per heavy atom. The highest BCUT2D eigenvalue weighted by Crippen LogP contribution is 2.31. The fourth-order valence-electron chi connectivity index (χ4n) is 2.84. The largest absolute Gasteiger partial charge is 0.497 e. The maximum Gasteiger partial charge on any atom is 0.306 e. The zero-order valence-electron chi connectivity index (χ0n) is 16.7. The number of esters is 1. The lowest BCUT2D eigenvalue weighted by atomic mass is 10.2. The van der Waals surface area contributed by atoms with E-state index >= 15 is 0 Å². The summed E-state index contributed by atoms with van der Waals surface area (Å²) >= 11 is 0. The molecule has 0 aliphatic carbocycles. The molecule has 0 unspecified atom stereocenters. The highest BCUT2D eigenvalue weighted by molar-refractivity contribution is 6.14. The summed E-state index contributed by atoms with van der Waals surface area (Å²) in [6.07, 6.45) is -0.124. The van der Waals surface area contributed by atoms with Crippen LogP contribution in [0.1, 0.15) is 30.3 Å². The van der Waals surface area contributed by atoms with Crippen LogP contribution in [-0.4, -0.2) is 31.5 Å². The number of ether oxygens (including phenoxy) is 2. The Hall–Kier alpha value is -3.81. The second kappa shape index (κ2) is 9.60. The van der Waals surface area contributed by atoms with Crippen LogP contribution in [0.5, 0.6) is 5.75 Å². The standard InChI is InChI=1S/C22H22N2O6/c1-3-29-19(26)13-12-18(25)24-20-16-6-4-5-7-17(16)30-21(20)22(27)23-14-8-10-15(28-2)11-9-14/h4-11H,3,12-13H2,1-2H3,(H,23,27)(H,24,25). The lowest BCUT2D eigenvalue weighted by Crippen LogP contribution is -2.18. The second-order valence-electron chi connectivity index (χ2n) is 6.34. The van der Waals surface area contributed by atoms with Gasteiger partial charge in [-0.3, -0.25) is 14.4 Å². The molecule has 3 rings (SSSR count). The molecule has 0 aliphatic heterocycles. The van der Waals surface area contributed by atoms with Crippen molar-refractivity contribution in [2.24, 2.45) is 0 Å². The molecule has 8 nitrogen and oxygen atoms in total. The van der Waals surface area contributed by atoms with E-state index in [1.807, 2.05) is 0 Å². The molecule has 2 aromatic carbocycles. The van der Waals surface area contributed by atoms with Gasteiger partial charge in [0.25, 0.3) is 5.91 Å². The van der Waals surface area contributed by atoms with Crippen LogP contribution >= 0.6 is 0 Å². The van der Waals surface area contributed by atoms with E-state index in [1.54, 1.807) is 62.6 Å². The first-order chi connectivity index (χ1) is 14.5. The lowest BCUT2D eigenvalue weighted by Gasteiger charge is -2.08. The van der Waals surface area contributed by atoms with Gasteiger partial charge in [-0.1, -0.05) is 12.1 Å². The lowest BCUT2D eigenvalue weighted by molar-refractivity contribution is -0.144. The highest BCUT2D eigenvalue weighted by atomic mass is 16.5. The zero-order valence-corrected chi connectivity index (χ0v) is 16.7. The van der Waals surface area contributed by atoms with E-state index in [9.17, 15) is 14.4 Å². The van der Waals surface area contributed by atoms with Crippen LogP contribution < -0.4 is 15.4 Å². The van der Waals surface area contributed by atoms with Crippen molar-refractivity contribution >= 4 is 40.1 Å².